The summed E-state index contributed by atoms with van der Waals surface area (Å²) in [6, 6.07) is 16.5. The van der Waals surface area contributed by atoms with Crippen LogP contribution in [0.5, 0.6) is 0 Å². The standard InChI is InChI=1S/C21H8N4O2S/c22-9-12-15-10-5-1-2-6-11(10)18(26)16(15)17-19-23-13-7-3-4-8-14(13)24(19)21(27)25(17)20(12)28/h1-8H. The Morgan fingerprint density at radius 2 is 1.64 bits per heavy atom. The highest BCUT2D eigenvalue weighted by Gasteiger charge is 2.25. The first kappa shape index (κ1) is 15.2. The first-order valence-electron chi connectivity index (χ1n) is 8.53. The molecule has 3 aromatic carbocycles. The summed E-state index contributed by atoms with van der Waals surface area (Å²) in [5.74, 6) is 0. The summed E-state index contributed by atoms with van der Waals surface area (Å²) in [5.41, 5.74) is 1.54. The molecule has 0 unspecified atom stereocenters. The van der Waals surface area contributed by atoms with Gasteiger partial charge in [0.1, 0.15) is 16.2 Å². The Morgan fingerprint density at radius 1 is 0.929 bits per heavy atom. The second-order valence-electron chi connectivity index (χ2n) is 6.64. The normalized spacial score (nSPS) is 12.0. The zero-order valence-corrected chi connectivity index (χ0v) is 14.9. The average Bonchev–Trinajstić information content (AvgIpc) is 3.32. The fourth-order valence-corrected chi connectivity index (χ4v) is 4.49. The van der Waals surface area contributed by atoms with E-state index in [2.05, 4.69) is 11.1 Å². The average molecular weight is 380 g/mol. The van der Waals surface area contributed by atoms with Crippen molar-refractivity contribution >= 4 is 56.0 Å². The van der Waals surface area contributed by atoms with Crippen molar-refractivity contribution in [3.63, 3.8) is 0 Å². The fraction of sp³-hybridized carbons (Fsp3) is 0. The molecule has 0 aliphatic rings. The first-order chi connectivity index (χ1) is 13.6. The van der Waals surface area contributed by atoms with Crippen LogP contribution >= 0.6 is 12.2 Å². The second kappa shape index (κ2) is 4.88. The summed E-state index contributed by atoms with van der Waals surface area (Å²) in [6.07, 6.45) is 0. The summed E-state index contributed by atoms with van der Waals surface area (Å²) in [5, 5.41) is 11.7. The van der Waals surface area contributed by atoms with Gasteiger partial charge in [-0.15, -0.1) is 0 Å². The van der Waals surface area contributed by atoms with E-state index in [-0.39, 0.29) is 15.6 Å². The minimum atomic E-state index is -0.424. The quantitative estimate of drug-likeness (QED) is 0.378. The summed E-state index contributed by atoms with van der Waals surface area (Å²) < 4.78 is 2.82. The minimum absolute atomic E-state index is 0.0975. The Balaban J connectivity index is 2.12. The molecule has 0 saturated carbocycles. The van der Waals surface area contributed by atoms with Crippen molar-refractivity contribution in [1.29, 1.82) is 5.26 Å². The molecule has 7 heteroatoms. The van der Waals surface area contributed by atoms with Crippen LogP contribution in [0.1, 0.15) is 5.56 Å². The van der Waals surface area contributed by atoms with E-state index in [0.717, 1.165) is 0 Å². The molecule has 0 spiro atoms. The third-order valence-electron chi connectivity index (χ3n) is 5.31. The molecule has 0 amide bonds. The SMILES string of the molecule is N#Cc1c(=S)n2c(=O)n3c4ccccc4nc3c2c2c(=O)c3ccccc3c12. The first-order valence-corrected chi connectivity index (χ1v) is 8.94. The highest BCUT2D eigenvalue weighted by atomic mass is 32.1. The minimum Gasteiger partial charge on any atom is -0.288 e. The fourth-order valence-electron chi connectivity index (χ4n) is 4.18. The molecule has 0 bridgehead atoms. The maximum atomic E-state index is 13.3. The van der Waals surface area contributed by atoms with Crippen molar-refractivity contribution in [1.82, 2.24) is 13.8 Å². The number of fused-ring (bicyclic) bond motifs is 9. The molecule has 3 heterocycles. The molecular formula is C21H8N4O2S. The lowest BCUT2D eigenvalue weighted by atomic mass is 10.1. The van der Waals surface area contributed by atoms with Crippen LogP contribution in [-0.4, -0.2) is 13.8 Å². The molecule has 130 valence electrons. The van der Waals surface area contributed by atoms with Crippen LogP contribution < -0.4 is 11.1 Å². The number of pyridine rings is 1. The Labute approximate surface area is 160 Å². The number of rotatable bonds is 0. The Bertz CT molecular complexity index is 1840. The topological polar surface area (TPSA) is 79.6 Å². The van der Waals surface area contributed by atoms with Crippen molar-refractivity contribution in [3.8, 4) is 6.07 Å². The zero-order chi connectivity index (χ0) is 19.2. The van der Waals surface area contributed by atoms with Crippen molar-refractivity contribution in [2.24, 2.45) is 0 Å². The Kier molecular flexibility index (Phi) is 2.65. The van der Waals surface area contributed by atoms with E-state index >= 15 is 0 Å². The molecule has 6 rings (SSSR count). The van der Waals surface area contributed by atoms with Gasteiger partial charge in [-0.2, -0.15) is 5.26 Å². The van der Waals surface area contributed by atoms with E-state index < -0.39 is 5.69 Å². The van der Waals surface area contributed by atoms with Gasteiger partial charge in [-0.25, -0.2) is 18.6 Å². The van der Waals surface area contributed by atoms with Gasteiger partial charge < -0.3 is 0 Å². The predicted molar refractivity (Wildman–Crippen MR) is 109 cm³/mol. The van der Waals surface area contributed by atoms with Gasteiger partial charge in [0.2, 0.25) is 0 Å². The van der Waals surface area contributed by atoms with Gasteiger partial charge in [-0.1, -0.05) is 48.6 Å². The van der Waals surface area contributed by atoms with Crippen LogP contribution in [0.15, 0.2) is 58.1 Å². The molecular weight excluding hydrogens is 372 g/mol. The smallest absolute Gasteiger partial charge is 0.288 e. The van der Waals surface area contributed by atoms with Gasteiger partial charge in [0, 0.05) is 10.8 Å². The van der Waals surface area contributed by atoms with Gasteiger partial charge in [-0.05, 0) is 17.5 Å². The largest absolute Gasteiger partial charge is 0.340 e. The van der Waals surface area contributed by atoms with Crippen LogP contribution in [0, 0.1) is 16.0 Å². The lowest BCUT2D eigenvalue weighted by molar-refractivity contribution is 1.01. The van der Waals surface area contributed by atoms with E-state index in [1.54, 1.807) is 24.3 Å². The van der Waals surface area contributed by atoms with Crippen LogP contribution in [0.4, 0.5) is 0 Å². The number of hydrogen-bond acceptors (Lipinski definition) is 5. The number of benzene rings is 2. The molecule has 28 heavy (non-hydrogen) atoms. The van der Waals surface area contributed by atoms with Gasteiger partial charge in [0.25, 0.3) is 0 Å². The number of imidazole rings is 2. The van der Waals surface area contributed by atoms with Gasteiger partial charge in [0.05, 0.1) is 22.0 Å². The molecule has 0 fully saturated rings. The number of para-hydroxylation sites is 2. The molecule has 0 N–H and O–H groups in total. The molecule has 3 aromatic heterocycles. The van der Waals surface area contributed by atoms with E-state index in [1.165, 1.54) is 8.80 Å². The number of nitrogens with zero attached hydrogens (tertiary/aromatic N) is 4. The zero-order valence-electron chi connectivity index (χ0n) is 14.1. The highest BCUT2D eigenvalue weighted by molar-refractivity contribution is 7.71. The molecule has 0 aliphatic heterocycles. The maximum Gasteiger partial charge on any atom is 0.340 e. The van der Waals surface area contributed by atoms with Gasteiger partial charge >= 0.3 is 5.69 Å². The van der Waals surface area contributed by atoms with Crippen LogP contribution in [0.25, 0.3) is 43.7 Å². The molecule has 0 atom stereocenters. The molecule has 0 radical (unpaired) electrons. The summed E-state index contributed by atoms with van der Waals surface area (Å²) in [4.78, 5) is 31.1. The number of hydrogen-bond donors (Lipinski definition) is 0. The third kappa shape index (κ3) is 1.54. The maximum absolute atomic E-state index is 13.3. The van der Waals surface area contributed by atoms with Gasteiger partial charge in [0.15, 0.2) is 11.1 Å². The monoisotopic (exact) mass is 380 g/mol. The molecule has 0 aliphatic carbocycles. The van der Waals surface area contributed by atoms with Crippen molar-refractivity contribution < 1.29 is 0 Å². The number of aromatic nitrogens is 3. The summed E-state index contributed by atoms with van der Waals surface area (Å²) in [6.45, 7) is 0. The number of nitriles is 1. The second-order valence-corrected chi connectivity index (χ2v) is 7.03. The summed E-state index contributed by atoms with van der Waals surface area (Å²) in [7, 11) is 0. The molecule has 0 saturated heterocycles. The van der Waals surface area contributed by atoms with Crippen molar-refractivity contribution in [2.45, 2.75) is 0 Å². The van der Waals surface area contributed by atoms with E-state index in [4.69, 9.17) is 12.2 Å². The van der Waals surface area contributed by atoms with Gasteiger partial charge in [-0.3, -0.25) is 4.79 Å². The molecule has 6 nitrogen and oxygen atoms in total. The molecule has 6 aromatic rings. The van der Waals surface area contributed by atoms with E-state index in [0.29, 0.717) is 43.7 Å². The summed E-state index contributed by atoms with van der Waals surface area (Å²) >= 11 is 5.51. The van der Waals surface area contributed by atoms with Crippen molar-refractivity contribution in [3.05, 3.63) is 79.4 Å². The van der Waals surface area contributed by atoms with Crippen LogP contribution in [-0.2, 0) is 0 Å². The lowest BCUT2D eigenvalue weighted by Crippen LogP contribution is -2.16. The third-order valence-corrected chi connectivity index (χ3v) is 5.70. The van der Waals surface area contributed by atoms with Crippen LogP contribution in [0.2, 0.25) is 0 Å². The predicted octanol–water partition coefficient (Wildman–Crippen LogP) is 3.24. The lowest BCUT2D eigenvalue weighted by Gasteiger charge is -2.00. The van der Waals surface area contributed by atoms with Crippen LogP contribution in [0.3, 0.4) is 0 Å². The Morgan fingerprint density at radius 3 is 2.43 bits per heavy atom. The van der Waals surface area contributed by atoms with Crippen molar-refractivity contribution in [2.75, 3.05) is 0 Å². The highest BCUT2D eigenvalue weighted by Crippen LogP contribution is 2.32. The van der Waals surface area contributed by atoms with E-state index in [9.17, 15) is 14.9 Å². The Hall–Kier alpha value is -3.89. The van der Waals surface area contributed by atoms with E-state index in [1.807, 2.05) is 24.3 Å².